The van der Waals surface area contributed by atoms with E-state index < -0.39 is 0 Å². The second kappa shape index (κ2) is 4.31. The van der Waals surface area contributed by atoms with E-state index >= 15 is 0 Å². The summed E-state index contributed by atoms with van der Waals surface area (Å²) in [5.74, 6) is 0.715. The van der Waals surface area contributed by atoms with Crippen LogP contribution in [0.3, 0.4) is 0 Å². The molecule has 0 saturated heterocycles. The molecule has 3 heteroatoms. The summed E-state index contributed by atoms with van der Waals surface area (Å²) in [5.41, 5.74) is 2.69. The first kappa shape index (κ1) is 8.50. The summed E-state index contributed by atoms with van der Waals surface area (Å²) in [6, 6.07) is 0. The second-order valence-corrected chi connectivity index (χ2v) is 3.90. The molecule has 60 valence electrons. The van der Waals surface area contributed by atoms with Crippen molar-refractivity contribution in [2.75, 3.05) is 13.7 Å². The standard InChI is InChI=1S/C7H14BrNO/c1-9-10-5-6-3-2-4-7(6)8/h6-7,9H,2-5H2,1H3/t6-,7?/m0/s1. The minimum absolute atomic E-state index is 0.681. The van der Waals surface area contributed by atoms with Gasteiger partial charge in [-0.05, 0) is 18.8 Å². The molecule has 0 aromatic carbocycles. The fraction of sp³-hybridized carbons (Fsp3) is 1.00. The number of nitrogens with one attached hydrogen (secondary N) is 1. The van der Waals surface area contributed by atoms with Gasteiger partial charge in [0.05, 0.1) is 6.61 Å². The normalized spacial score (nSPS) is 33.0. The fourth-order valence-corrected chi connectivity index (χ4v) is 2.11. The molecule has 1 aliphatic carbocycles. The van der Waals surface area contributed by atoms with E-state index in [2.05, 4.69) is 21.4 Å². The van der Waals surface area contributed by atoms with Crippen LogP contribution in [-0.2, 0) is 4.84 Å². The SMILES string of the molecule is CNOC[C@@H]1CCCC1Br. The number of alkyl halides is 1. The van der Waals surface area contributed by atoms with Crippen LogP contribution in [0.15, 0.2) is 0 Å². The molecule has 1 rings (SSSR count). The Labute approximate surface area is 70.4 Å². The molecular weight excluding hydrogens is 194 g/mol. The Morgan fingerprint density at radius 3 is 2.90 bits per heavy atom. The molecule has 1 N–H and O–H groups in total. The molecule has 0 heterocycles. The molecule has 1 saturated carbocycles. The van der Waals surface area contributed by atoms with Crippen molar-refractivity contribution in [3.8, 4) is 0 Å². The topological polar surface area (TPSA) is 21.3 Å². The lowest BCUT2D eigenvalue weighted by Crippen LogP contribution is -2.19. The zero-order valence-corrected chi connectivity index (χ0v) is 7.86. The van der Waals surface area contributed by atoms with Crippen LogP contribution in [0.4, 0.5) is 0 Å². The van der Waals surface area contributed by atoms with Gasteiger partial charge in [-0.15, -0.1) is 0 Å². The molecule has 0 aromatic rings. The molecule has 2 atom stereocenters. The molecule has 0 radical (unpaired) electrons. The lowest BCUT2D eigenvalue weighted by Gasteiger charge is -2.12. The molecule has 1 fully saturated rings. The maximum absolute atomic E-state index is 5.11. The smallest absolute Gasteiger partial charge is 0.0720 e. The zero-order valence-electron chi connectivity index (χ0n) is 6.27. The molecule has 2 nitrogen and oxygen atoms in total. The average molecular weight is 208 g/mol. The minimum Gasteiger partial charge on any atom is -0.302 e. The van der Waals surface area contributed by atoms with E-state index in [1.165, 1.54) is 19.3 Å². The van der Waals surface area contributed by atoms with Crippen LogP contribution in [0.2, 0.25) is 0 Å². The third-order valence-electron chi connectivity index (χ3n) is 2.01. The quantitative estimate of drug-likeness (QED) is 0.563. The van der Waals surface area contributed by atoms with Gasteiger partial charge in [0.15, 0.2) is 0 Å². The van der Waals surface area contributed by atoms with Crippen LogP contribution >= 0.6 is 15.9 Å². The van der Waals surface area contributed by atoms with Crippen molar-refractivity contribution in [2.45, 2.75) is 24.1 Å². The lowest BCUT2D eigenvalue weighted by atomic mass is 10.1. The Hall–Kier alpha value is 0.400. The minimum atomic E-state index is 0.681. The van der Waals surface area contributed by atoms with Crippen molar-refractivity contribution in [2.24, 2.45) is 5.92 Å². The van der Waals surface area contributed by atoms with Gasteiger partial charge in [-0.3, -0.25) is 0 Å². The molecule has 10 heavy (non-hydrogen) atoms. The van der Waals surface area contributed by atoms with Crippen molar-refractivity contribution in [3.05, 3.63) is 0 Å². The highest BCUT2D eigenvalue weighted by Crippen LogP contribution is 2.31. The van der Waals surface area contributed by atoms with Crippen LogP contribution in [0.1, 0.15) is 19.3 Å². The Morgan fingerprint density at radius 2 is 2.40 bits per heavy atom. The highest BCUT2D eigenvalue weighted by Gasteiger charge is 2.24. The van der Waals surface area contributed by atoms with Crippen LogP contribution in [0, 0.1) is 5.92 Å². The predicted octanol–water partition coefficient (Wildman–Crippen LogP) is 1.70. The van der Waals surface area contributed by atoms with Crippen molar-refractivity contribution < 1.29 is 4.84 Å². The van der Waals surface area contributed by atoms with Gasteiger partial charge in [0, 0.05) is 11.9 Å². The van der Waals surface area contributed by atoms with Gasteiger partial charge in [0.1, 0.15) is 0 Å². The van der Waals surface area contributed by atoms with E-state index in [0.717, 1.165) is 6.61 Å². The first-order valence-corrected chi connectivity index (χ1v) is 4.68. The van der Waals surface area contributed by atoms with Crippen molar-refractivity contribution in [1.82, 2.24) is 5.48 Å². The number of hydrogen-bond acceptors (Lipinski definition) is 2. The Morgan fingerprint density at radius 1 is 1.60 bits per heavy atom. The molecule has 0 amide bonds. The first-order valence-electron chi connectivity index (χ1n) is 3.77. The van der Waals surface area contributed by atoms with Gasteiger partial charge >= 0.3 is 0 Å². The maximum Gasteiger partial charge on any atom is 0.0720 e. The van der Waals surface area contributed by atoms with Crippen LogP contribution in [0.25, 0.3) is 0 Å². The summed E-state index contributed by atoms with van der Waals surface area (Å²) < 4.78 is 0. The summed E-state index contributed by atoms with van der Waals surface area (Å²) in [6.45, 7) is 0.840. The van der Waals surface area contributed by atoms with Crippen LogP contribution in [-0.4, -0.2) is 18.5 Å². The average Bonchev–Trinajstić information content (AvgIpc) is 2.31. The van der Waals surface area contributed by atoms with Gasteiger partial charge in [0.2, 0.25) is 0 Å². The van der Waals surface area contributed by atoms with E-state index in [0.29, 0.717) is 10.7 Å². The van der Waals surface area contributed by atoms with E-state index in [-0.39, 0.29) is 0 Å². The van der Waals surface area contributed by atoms with Gasteiger partial charge < -0.3 is 4.84 Å². The monoisotopic (exact) mass is 207 g/mol. The number of hydrogen-bond donors (Lipinski definition) is 1. The summed E-state index contributed by atoms with van der Waals surface area (Å²) in [7, 11) is 1.80. The van der Waals surface area contributed by atoms with Crippen LogP contribution in [0.5, 0.6) is 0 Å². The van der Waals surface area contributed by atoms with E-state index in [9.17, 15) is 0 Å². The fourth-order valence-electron chi connectivity index (χ4n) is 1.37. The van der Waals surface area contributed by atoms with Gasteiger partial charge in [0.25, 0.3) is 0 Å². The van der Waals surface area contributed by atoms with E-state index in [1.54, 1.807) is 7.05 Å². The third-order valence-corrected chi connectivity index (χ3v) is 3.21. The molecular formula is C7H14BrNO. The Bertz CT molecular complexity index is 99.6. The highest BCUT2D eigenvalue weighted by atomic mass is 79.9. The van der Waals surface area contributed by atoms with E-state index in [4.69, 9.17) is 4.84 Å². The van der Waals surface area contributed by atoms with Gasteiger partial charge in [-0.2, -0.15) is 0 Å². The van der Waals surface area contributed by atoms with Crippen molar-refractivity contribution >= 4 is 15.9 Å². The number of halogens is 1. The maximum atomic E-state index is 5.11. The number of rotatable bonds is 3. The van der Waals surface area contributed by atoms with Gasteiger partial charge in [-0.25, -0.2) is 5.48 Å². The molecule has 0 bridgehead atoms. The summed E-state index contributed by atoms with van der Waals surface area (Å²) >= 11 is 3.63. The summed E-state index contributed by atoms with van der Waals surface area (Å²) in [6.07, 6.45) is 3.95. The second-order valence-electron chi connectivity index (χ2n) is 2.72. The molecule has 0 aliphatic heterocycles. The molecule has 0 spiro atoms. The zero-order chi connectivity index (χ0) is 7.40. The summed E-state index contributed by atoms with van der Waals surface area (Å²) in [4.78, 5) is 5.79. The largest absolute Gasteiger partial charge is 0.302 e. The van der Waals surface area contributed by atoms with E-state index in [1.807, 2.05) is 0 Å². The third kappa shape index (κ3) is 2.22. The molecule has 1 aliphatic rings. The molecule has 0 aromatic heterocycles. The summed E-state index contributed by atoms with van der Waals surface area (Å²) in [5, 5.41) is 0. The highest BCUT2D eigenvalue weighted by molar-refractivity contribution is 9.09. The molecule has 1 unspecified atom stereocenters. The van der Waals surface area contributed by atoms with Gasteiger partial charge in [-0.1, -0.05) is 22.4 Å². The number of hydroxylamine groups is 1. The van der Waals surface area contributed by atoms with Crippen molar-refractivity contribution in [3.63, 3.8) is 0 Å². The first-order chi connectivity index (χ1) is 4.84. The lowest BCUT2D eigenvalue weighted by molar-refractivity contribution is 0.0345. The van der Waals surface area contributed by atoms with Crippen molar-refractivity contribution in [1.29, 1.82) is 0 Å². The van der Waals surface area contributed by atoms with Crippen LogP contribution < -0.4 is 5.48 Å². The Kier molecular flexibility index (Phi) is 3.66. The predicted molar refractivity (Wildman–Crippen MR) is 45.1 cm³/mol. The Balaban J connectivity index is 2.14.